The molecule has 0 radical (unpaired) electrons. The maximum atomic E-state index is 5.64. The first-order valence-corrected chi connectivity index (χ1v) is 6.66. The average molecular weight is 243 g/mol. The van der Waals surface area contributed by atoms with E-state index < -0.39 is 0 Å². The maximum Gasteiger partial charge on any atom is 0.312 e. The van der Waals surface area contributed by atoms with Crippen LogP contribution < -0.4 is 0 Å². The van der Waals surface area contributed by atoms with E-state index in [2.05, 4.69) is 17.1 Å². The minimum absolute atomic E-state index is 0.170. The summed E-state index contributed by atoms with van der Waals surface area (Å²) in [5.74, 6) is 2.09. The zero-order chi connectivity index (χ0) is 11.4. The molecule has 2 rings (SSSR count). The highest BCUT2D eigenvalue weighted by atomic mass is 35.5. The number of aromatic nitrogens is 2. The molecule has 90 valence electrons. The highest BCUT2D eigenvalue weighted by molar-refractivity contribution is 6.27. The van der Waals surface area contributed by atoms with Crippen LogP contribution in [0.1, 0.15) is 63.7 Å². The van der Waals surface area contributed by atoms with Gasteiger partial charge >= 0.3 is 5.35 Å². The van der Waals surface area contributed by atoms with Gasteiger partial charge in [0.2, 0.25) is 5.89 Å². The van der Waals surface area contributed by atoms with Crippen molar-refractivity contribution in [3.05, 3.63) is 11.2 Å². The molecule has 1 aromatic heterocycles. The molecule has 0 aliphatic heterocycles. The molecule has 3 nitrogen and oxygen atoms in total. The lowest BCUT2D eigenvalue weighted by atomic mass is 9.80. The highest BCUT2D eigenvalue weighted by Gasteiger charge is 2.25. The largest absolute Gasteiger partial charge is 0.412 e. The number of hydrogen-bond acceptors (Lipinski definition) is 3. The molecule has 1 aromatic rings. The summed E-state index contributed by atoms with van der Waals surface area (Å²) in [6.07, 6.45) is 8.99. The second-order valence-corrected chi connectivity index (χ2v) is 5.08. The molecule has 16 heavy (non-hydrogen) atoms. The Bertz CT molecular complexity index is 319. The Kier molecular flexibility index (Phi) is 4.22. The number of unbranched alkanes of at least 4 members (excludes halogenated alkanes) is 1. The highest BCUT2D eigenvalue weighted by Crippen LogP contribution is 2.37. The van der Waals surface area contributed by atoms with Crippen LogP contribution >= 0.6 is 11.6 Å². The van der Waals surface area contributed by atoms with Gasteiger partial charge in [-0.1, -0.05) is 31.3 Å². The Morgan fingerprint density at radius 3 is 2.56 bits per heavy atom. The quantitative estimate of drug-likeness (QED) is 0.795. The predicted molar refractivity (Wildman–Crippen MR) is 63.5 cm³/mol. The Labute approximate surface area is 102 Å². The van der Waals surface area contributed by atoms with E-state index in [1.807, 2.05) is 0 Å². The van der Waals surface area contributed by atoms with Gasteiger partial charge in [-0.3, -0.25) is 0 Å². The van der Waals surface area contributed by atoms with Crippen molar-refractivity contribution >= 4 is 11.6 Å². The number of nitrogens with zero attached hydrogens (tertiary/aromatic N) is 2. The molecule has 0 amide bonds. The third-order valence-electron chi connectivity index (χ3n) is 3.58. The van der Waals surface area contributed by atoms with Gasteiger partial charge in [0.05, 0.1) is 0 Å². The van der Waals surface area contributed by atoms with Gasteiger partial charge in [-0.25, -0.2) is 0 Å². The number of halogens is 1. The van der Waals surface area contributed by atoms with E-state index in [4.69, 9.17) is 16.0 Å². The van der Waals surface area contributed by atoms with Crippen LogP contribution in [-0.4, -0.2) is 10.2 Å². The minimum atomic E-state index is 0.170. The molecular formula is C12H19ClN2O. The molecule has 1 aliphatic carbocycles. The van der Waals surface area contributed by atoms with Crippen molar-refractivity contribution in [2.45, 2.75) is 57.8 Å². The van der Waals surface area contributed by atoms with Crippen LogP contribution in [0.15, 0.2) is 4.42 Å². The van der Waals surface area contributed by atoms with Gasteiger partial charge in [-0.05, 0) is 43.2 Å². The summed E-state index contributed by atoms with van der Waals surface area (Å²) in [6, 6.07) is 0. The van der Waals surface area contributed by atoms with E-state index in [1.54, 1.807) is 0 Å². The zero-order valence-electron chi connectivity index (χ0n) is 9.79. The normalized spacial score (nSPS) is 25.9. The molecule has 0 unspecified atom stereocenters. The van der Waals surface area contributed by atoms with Gasteiger partial charge in [-0.15, -0.1) is 5.10 Å². The van der Waals surface area contributed by atoms with E-state index in [0.717, 1.165) is 11.8 Å². The zero-order valence-corrected chi connectivity index (χ0v) is 10.5. The Hall–Kier alpha value is -0.570. The summed E-state index contributed by atoms with van der Waals surface area (Å²) in [7, 11) is 0. The van der Waals surface area contributed by atoms with Gasteiger partial charge in [0.15, 0.2) is 0 Å². The van der Waals surface area contributed by atoms with Crippen molar-refractivity contribution in [1.29, 1.82) is 0 Å². The van der Waals surface area contributed by atoms with Crippen LogP contribution in [-0.2, 0) is 0 Å². The predicted octanol–water partition coefficient (Wildman–Crippen LogP) is 4.19. The summed E-state index contributed by atoms with van der Waals surface area (Å²) in [5.41, 5.74) is 0. The van der Waals surface area contributed by atoms with Crippen molar-refractivity contribution in [3.63, 3.8) is 0 Å². The van der Waals surface area contributed by atoms with Gasteiger partial charge in [0.1, 0.15) is 0 Å². The second kappa shape index (κ2) is 5.67. The molecule has 1 fully saturated rings. The fourth-order valence-electron chi connectivity index (χ4n) is 2.57. The van der Waals surface area contributed by atoms with Gasteiger partial charge in [0, 0.05) is 5.92 Å². The van der Waals surface area contributed by atoms with E-state index in [9.17, 15) is 0 Å². The molecule has 0 spiro atoms. The van der Waals surface area contributed by atoms with E-state index in [1.165, 1.54) is 44.9 Å². The minimum Gasteiger partial charge on any atom is -0.412 e. The molecule has 0 N–H and O–H groups in total. The SMILES string of the molecule is CCCCC1CCC(c2nnc(Cl)o2)CC1. The molecule has 4 heteroatoms. The van der Waals surface area contributed by atoms with Crippen molar-refractivity contribution in [2.24, 2.45) is 5.92 Å². The second-order valence-electron chi connectivity index (χ2n) is 4.75. The number of hydrogen-bond donors (Lipinski definition) is 0. The molecule has 1 heterocycles. The molecule has 0 bridgehead atoms. The van der Waals surface area contributed by atoms with E-state index in [0.29, 0.717) is 5.92 Å². The summed E-state index contributed by atoms with van der Waals surface area (Å²) in [6.45, 7) is 2.26. The molecule has 1 aliphatic rings. The van der Waals surface area contributed by atoms with Crippen molar-refractivity contribution in [3.8, 4) is 0 Å². The fourth-order valence-corrected chi connectivity index (χ4v) is 2.69. The van der Waals surface area contributed by atoms with E-state index >= 15 is 0 Å². The lowest BCUT2D eigenvalue weighted by molar-refractivity contribution is 0.277. The topological polar surface area (TPSA) is 38.9 Å². The standard InChI is InChI=1S/C12H19ClN2O/c1-2-3-4-9-5-7-10(8-6-9)11-14-15-12(13)16-11/h9-10H,2-8H2,1H3. The molecular weight excluding hydrogens is 224 g/mol. The summed E-state index contributed by atoms with van der Waals surface area (Å²) in [5, 5.41) is 7.86. The van der Waals surface area contributed by atoms with Crippen molar-refractivity contribution < 1.29 is 4.42 Å². The molecule has 1 saturated carbocycles. The van der Waals surface area contributed by atoms with Gasteiger partial charge in [-0.2, -0.15) is 0 Å². The van der Waals surface area contributed by atoms with Crippen LogP contribution in [0.5, 0.6) is 0 Å². The third kappa shape index (κ3) is 2.97. The van der Waals surface area contributed by atoms with Crippen molar-refractivity contribution in [1.82, 2.24) is 10.2 Å². The summed E-state index contributed by atoms with van der Waals surface area (Å²) in [4.78, 5) is 0. The lowest BCUT2D eigenvalue weighted by Crippen LogP contribution is -2.13. The smallest absolute Gasteiger partial charge is 0.312 e. The van der Waals surface area contributed by atoms with Crippen LogP contribution in [0.3, 0.4) is 0 Å². The Morgan fingerprint density at radius 2 is 2.00 bits per heavy atom. The Balaban J connectivity index is 1.81. The first-order chi connectivity index (χ1) is 7.79. The van der Waals surface area contributed by atoms with Crippen LogP contribution in [0.25, 0.3) is 0 Å². The lowest BCUT2D eigenvalue weighted by Gasteiger charge is -2.26. The van der Waals surface area contributed by atoms with Crippen LogP contribution in [0, 0.1) is 5.92 Å². The molecule has 0 saturated heterocycles. The summed E-state index contributed by atoms with van der Waals surface area (Å²) < 4.78 is 5.28. The van der Waals surface area contributed by atoms with Crippen LogP contribution in [0.2, 0.25) is 5.35 Å². The first-order valence-electron chi connectivity index (χ1n) is 6.28. The van der Waals surface area contributed by atoms with Gasteiger partial charge in [0.25, 0.3) is 0 Å². The fraction of sp³-hybridized carbons (Fsp3) is 0.833. The van der Waals surface area contributed by atoms with E-state index in [-0.39, 0.29) is 5.35 Å². The molecule has 0 atom stereocenters. The average Bonchev–Trinajstić information content (AvgIpc) is 2.74. The summed E-state index contributed by atoms with van der Waals surface area (Å²) >= 11 is 5.64. The first kappa shape index (κ1) is 11.9. The third-order valence-corrected chi connectivity index (χ3v) is 3.73. The van der Waals surface area contributed by atoms with Crippen LogP contribution in [0.4, 0.5) is 0 Å². The Morgan fingerprint density at radius 1 is 1.25 bits per heavy atom. The monoisotopic (exact) mass is 242 g/mol. The maximum absolute atomic E-state index is 5.64. The molecule has 0 aromatic carbocycles. The van der Waals surface area contributed by atoms with Crippen molar-refractivity contribution in [2.75, 3.05) is 0 Å². The number of rotatable bonds is 4. The van der Waals surface area contributed by atoms with Gasteiger partial charge < -0.3 is 4.42 Å².